The predicted molar refractivity (Wildman–Crippen MR) is 108 cm³/mol. The molecule has 130 valence electrons. The van der Waals surface area contributed by atoms with E-state index in [1.165, 1.54) is 0 Å². The Labute approximate surface area is 156 Å². The maximum atomic E-state index is 14.0. The van der Waals surface area contributed by atoms with Gasteiger partial charge in [0.15, 0.2) is 5.96 Å². The molecule has 1 aromatic carbocycles. The van der Waals surface area contributed by atoms with Crippen LogP contribution in [0.25, 0.3) is 0 Å². The van der Waals surface area contributed by atoms with Crippen molar-refractivity contribution in [1.29, 1.82) is 0 Å². The first kappa shape index (κ1) is 21.7. The number of nitrogens with zero attached hydrogens (tertiary/aromatic N) is 3. The molecule has 0 saturated carbocycles. The van der Waals surface area contributed by atoms with Gasteiger partial charge in [0.05, 0.1) is 5.69 Å². The third kappa shape index (κ3) is 7.20. The lowest BCUT2D eigenvalue weighted by Crippen LogP contribution is -2.39. The van der Waals surface area contributed by atoms with Crippen LogP contribution in [-0.4, -0.2) is 45.6 Å². The molecule has 1 rings (SSSR count). The lowest BCUT2D eigenvalue weighted by molar-refractivity contribution is 0.469. The predicted octanol–water partition coefficient (Wildman–Crippen LogP) is 3.48. The van der Waals surface area contributed by atoms with Gasteiger partial charge in [0.1, 0.15) is 5.82 Å². The number of benzene rings is 1. The molecule has 0 aliphatic rings. The zero-order valence-corrected chi connectivity index (χ0v) is 16.8. The Morgan fingerprint density at radius 2 is 2.04 bits per heavy atom. The average molecular weight is 434 g/mol. The highest BCUT2D eigenvalue weighted by Crippen LogP contribution is 2.18. The van der Waals surface area contributed by atoms with Gasteiger partial charge in [-0.1, -0.05) is 12.1 Å². The number of guanidine groups is 1. The summed E-state index contributed by atoms with van der Waals surface area (Å²) in [7, 11) is 7.41. The minimum atomic E-state index is -0.210. The molecule has 0 aromatic heterocycles. The highest BCUT2D eigenvalue weighted by atomic mass is 127. The van der Waals surface area contributed by atoms with E-state index in [0.717, 1.165) is 30.9 Å². The van der Waals surface area contributed by atoms with E-state index in [4.69, 9.17) is 0 Å². The van der Waals surface area contributed by atoms with E-state index in [1.54, 1.807) is 24.1 Å². The topological polar surface area (TPSA) is 30.9 Å². The number of unbranched alkanes of at least 4 members (excludes halogenated alkanes) is 1. The molecule has 0 unspecified atom stereocenters. The summed E-state index contributed by atoms with van der Waals surface area (Å²) in [4.78, 5) is 8.08. The highest BCUT2D eigenvalue weighted by molar-refractivity contribution is 14.0. The van der Waals surface area contributed by atoms with Crippen LogP contribution in [-0.2, 0) is 6.54 Å². The first-order chi connectivity index (χ1) is 10.5. The number of halogens is 2. The molecule has 0 aliphatic carbocycles. The van der Waals surface area contributed by atoms with Crippen molar-refractivity contribution < 1.29 is 4.39 Å². The van der Waals surface area contributed by atoms with E-state index in [-0.39, 0.29) is 29.8 Å². The lowest BCUT2D eigenvalue weighted by Gasteiger charge is -2.22. The molecule has 0 aliphatic heterocycles. The molecule has 4 nitrogen and oxygen atoms in total. The number of aliphatic imine (C=N–C) groups is 1. The van der Waals surface area contributed by atoms with Gasteiger partial charge in [-0.05, 0) is 30.5 Å². The molecular weight excluding hydrogens is 406 g/mol. The second-order valence-corrected chi connectivity index (χ2v) is 5.43. The van der Waals surface area contributed by atoms with E-state index >= 15 is 0 Å². The Morgan fingerprint density at radius 3 is 2.57 bits per heavy atom. The molecule has 23 heavy (non-hydrogen) atoms. The summed E-state index contributed by atoms with van der Waals surface area (Å²) in [6.45, 7) is 5.17. The maximum absolute atomic E-state index is 14.0. The molecule has 1 N–H and O–H groups in total. The van der Waals surface area contributed by atoms with Crippen molar-refractivity contribution in [1.82, 2.24) is 10.2 Å². The molecule has 0 radical (unpaired) electrons. The van der Waals surface area contributed by atoms with Crippen LogP contribution in [0.3, 0.4) is 0 Å². The Hall–Kier alpha value is -1.31. The Balaban J connectivity index is 0.00000484. The third-order valence-electron chi connectivity index (χ3n) is 3.42. The smallest absolute Gasteiger partial charge is 0.193 e. The van der Waals surface area contributed by atoms with Crippen molar-refractivity contribution in [3.8, 4) is 0 Å². The molecule has 0 saturated heterocycles. The van der Waals surface area contributed by atoms with Crippen molar-refractivity contribution in [3.05, 3.63) is 42.2 Å². The van der Waals surface area contributed by atoms with Crippen LogP contribution in [0.15, 0.2) is 35.8 Å². The average Bonchev–Trinajstić information content (AvgIpc) is 2.47. The molecule has 0 atom stereocenters. The van der Waals surface area contributed by atoms with Crippen molar-refractivity contribution in [2.45, 2.75) is 19.4 Å². The lowest BCUT2D eigenvalue weighted by atomic mass is 10.2. The van der Waals surface area contributed by atoms with Crippen LogP contribution in [0.1, 0.15) is 18.4 Å². The van der Waals surface area contributed by atoms with Crippen molar-refractivity contribution in [2.24, 2.45) is 4.99 Å². The molecule has 0 amide bonds. The summed E-state index contributed by atoms with van der Waals surface area (Å²) < 4.78 is 14.0. The van der Waals surface area contributed by atoms with Gasteiger partial charge in [0.25, 0.3) is 0 Å². The van der Waals surface area contributed by atoms with Gasteiger partial charge in [-0.25, -0.2) is 4.39 Å². The monoisotopic (exact) mass is 434 g/mol. The van der Waals surface area contributed by atoms with Gasteiger partial charge in [0.2, 0.25) is 0 Å². The van der Waals surface area contributed by atoms with Crippen LogP contribution >= 0.6 is 24.0 Å². The number of anilines is 1. The first-order valence-electron chi connectivity index (χ1n) is 7.48. The minimum Gasteiger partial charge on any atom is -0.375 e. The quantitative estimate of drug-likeness (QED) is 0.234. The number of rotatable bonds is 7. The van der Waals surface area contributed by atoms with Crippen molar-refractivity contribution in [2.75, 3.05) is 39.6 Å². The summed E-state index contributed by atoms with van der Waals surface area (Å²) in [6, 6.07) is 5.28. The normalized spacial score (nSPS) is 10.7. The second-order valence-electron chi connectivity index (χ2n) is 5.43. The van der Waals surface area contributed by atoms with E-state index in [9.17, 15) is 4.39 Å². The van der Waals surface area contributed by atoms with Crippen LogP contribution < -0.4 is 10.2 Å². The summed E-state index contributed by atoms with van der Waals surface area (Å²) in [6.07, 6.45) is 3.94. The van der Waals surface area contributed by atoms with Crippen molar-refractivity contribution >= 4 is 35.6 Å². The van der Waals surface area contributed by atoms with Gasteiger partial charge in [-0.2, -0.15) is 0 Å². The van der Waals surface area contributed by atoms with E-state index in [2.05, 4.69) is 21.8 Å². The van der Waals surface area contributed by atoms with Gasteiger partial charge in [-0.3, -0.25) is 4.99 Å². The third-order valence-corrected chi connectivity index (χ3v) is 3.42. The minimum absolute atomic E-state index is 0. The fourth-order valence-corrected chi connectivity index (χ4v) is 2.17. The molecular formula is C17H28FIN4. The molecule has 0 spiro atoms. The molecule has 6 heteroatoms. The standard InChI is InChI=1S/C17H27FN4.HI/c1-6-7-8-11-22(5)17(19-2)20-13-14-9-10-16(21(3)4)15(18)12-14;/h6,9-10,12H,1,7-8,11,13H2,2-5H3,(H,19,20);1H. The molecule has 0 fully saturated rings. The fourth-order valence-electron chi connectivity index (χ4n) is 2.17. The second kappa shape index (κ2) is 11.3. The molecule has 0 bridgehead atoms. The zero-order valence-electron chi connectivity index (χ0n) is 14.5. The van der Waals surface area contributed by atoms with Gasteiger partial charge in [-0.15, -0.1) is 30.6 Å². The largest absolute Gasteiger partial charge is 0.375 e. The first-order valence-corrected chi connectivity index (χ1v) is 7.48. The molecule has 0 heterocycles. The number of hydrogen-bond donors (Lipinski definition) is 1. The van der Waals surface area contributed by atoms with Crippen LogP contribution in [0, 0.1) is 5.82 Å². The van der Waals surface area contributed by atoms with Crippen LogP contribution in [0.5, 0.6) is 0 Å². The van der Waals surface area contributed by atoms with Gasteiger partial charge < -0.3 is 15.1 Å². The van der Waals surface area contributed by atoms with Gasteiger partial charge >= 0.3 is 0 Å². The summed E-state index contributed by atoms with van der Waals surface area (Å²) in [5, 5.41) is 3.26. The number of nitrogens with one attached hydrogen (secondary N) is 1. The highest BCUT2D eigenvalue weighted by Gasteiger charge is 2.08. The fraction of sp³-hybridized carbons (Fsp3) is 0.471. The van der Waals surface area contributed by atoms with Crippen LogP contribution in [0.4, 0.5) is 10.1 Å². The van der Waals surface area contributed by atoms with Crippen molar-refractivity contribution in [3.63, 3.8) is 0 Å². The van der Waals surface area contributed by atoms with Crippen LogP contribution in [0.2, 0.25) is 0 Å². The summed E-state index contributed by atoms with van der Waals surface area (Å²) in [5.41, 5.74) is 1.48. The summed E-state index contributed by atoms with van der Waals surface area (Å²) in [5.74, 6) is 0.597. The Bertz CT molecular complexity index is 517. The SMILES string of the molecule is C=CCCCN(C)C(=NC)NCc1ccc(N(C)C)c(F)c1.I. The Kier molecular flexibility index (Phi) is 10.6. The maximum Gasteiger partial charge on any atom is 0.193 e. The number of hydrogen-bond acceptors (Lipinski definition) is 2. The number of allylic oxidation sites excluding steroid dienone is 1. The Morgan fingerprint density at radius 1 is 1.35 bits per heavy atom. The van der Waals surface area contributed by atoms with Gasteiger partial charge in [0, 0.05) is 41.3 Å². The van der Waals surface area contributed by atoms with E-state index in [1.807, 2.05) is 33.3 Å². The molecule has 1 aromatic rings. The van der Waals surface area contributed by atoms with E-state index < -0.39 is 0 Å². The van der Waals surface area contributed by atoms with E-state index in [0.29, 0.717) is 12.2 Å². The zero-order chi connectivity index (χ0) is 16.5. The summed E-state index contributed by atoms with van der Waals surface area (Å²) >= 11 is 0.